The first-order chi connectivity index (χ1) is 7.29. The van der Waals surface area contributed by atoms with Gasteiger partial charge in [0.25, 0.3) is 0 Å². The minimum Gasteiger partial charge on any atom is -0.445 e. The van der Waals surface area contributed by atoms with Crippen LogP contribution in [0.15, 0.2) is 10.7 Å². The molecule has 0 aliphatic carbocycles. The molecule has 0 radical (unpaired) electrons. The fourth-order valence-corrected chi connectivity index (χ4v) is 1.44. The van der Waals surface area contributed by atoms with E-state index in [0.29, 0.717) is 10.3 Å². The maximum Gasteiger partial charge on any atom is 0.412 e. The van der Waals surface area contributed by atoms with Crippen molar-refractivity contribution in [2.45, 2.75) is 3.79 Å². The van der Waals surface area contributed by atoms with Crippen LogP contribution >= 0.6 is 50.7 Å². The second-order valence-corrected chi connectivity index (χ2v) is 6.15. The molecule has 0 spiro atoms. The number of hydrogen-bond donors (Lipinski definition) is 1. The van der Waals surface area contributed by atoms with Crippen molar-refractivity contribution in [3.63, 3.8) is 0 Å². The fourth-order valence-electron chi connectivity index (χ4n) is 0.831. The standard InChI is InChI=1S/C7H7BrCl3N3O2/c1-14-5(4(8)2-12-14)13-6(15)16-3-7(9,10)11/h2H,3H2,1H3,(H,13,15). The summed E-state index contributed by atoms with van der Waals surface area (Å²) >= 11 is 19.5. The van der Waals surface area contributed by atoms with E-state index in [0.717, 1.165) is 0 Å². The van der Waals surface area contributed by atoms with Crippen LogP contribution in [0, 0.1) is 0 Å². The van der Waals surface area contributed by atoms with Crippen LogP contribution in [0.4, 0.5) is 10.6 Å². The molecule has 1 N–H and O–H groups in total. The van der Waals surface area contributed by atoms with Gasteiger partial charge in [-0.2, -0.15) is 5.10 Å². The van der Waals surface area contributed by atoms with Gasteiger partial charge in [0.15, 0.2) is 0 Å². The molecule has 16 heavy (non-hydrogen) atoms. The number of amides is 1. The summed E-state index contributed by atoms with van der Waals surface area (Å²) in [7, 11) is 1.66. The minimum absolute atomic E-state index is 0.334. The molecule has 0 bridgehead atoms. The summed E-state index contributed by atoms with van der Waals surface area (Å²) in [6.45, 7) is -0.334. The molecule has 90 valence electrons. The first-order valence-electron chi connectivity index (χ1n) is 3.97. The zero-order chi connectivity index (χ0) is 12.3. The van der Waals surface area contributed by atoms with Crippen LogP contribution in [0.5, 0.6) is 0 Å². The van der Waals surface area contributed by atoms with Gasteiger partial charge in [0.2, 0.25) is 3.79 Å². The Kier molecular flexibility index (Phi) is 4.73. The molecule has 5 nitrogen and oxygen atoms in total. The third kappa shape index (κ3) is 4.37. The Hall–Kier alpha value is -0.170. The molecule has 0 unspecified atom stereocenters. The van der Waals surface area contributed by atoms with Crippen molar-refractivity contribution in [1.82, 2.24) is 9.78 Å². The Morgan fingerprint density at radius 1 is 1.69 bits per heavy atom. The number of nitrogens with one attached hydrogen (secondary N) is 1. The molecule has 0 aromatic carbocycles. The first-order valence-corrected chi connectivity index (χ1v) is 5.90. The summed E-state index contributed by atoms with van der Waals surface area (Å²) in [6, 6.07) is 0. The van der Waals surface area contributed by atoms with Gasteiger partial charge < -0.3 is 4.74 Å². The predicted molar refractivity (Wildman–Crippen MR) is 66.2 cm³/mol. The van der Waals surface area contributed by atoms with Crippen LogP contribution in [-0.2, 0) is 11.8 Å². The van der Waals surface area contributed by atoms with E-state index in [1.807, 2.05) is 0 Å². The lowest BCUT2D eigenvalue weighted by Crippen LogP contribution is -2.22. The average molecular weight is 351 g/mol. The highest BCUT2D eigenvalue weighted by Crippen LogP contribution is 2.26. The SMILES string of the molecule is Cn1ncc(Br)c1NC(=O)OCC(Cl)(Cl)Cl. The molecule has 0 saturated carbocycles. The topological polar surface area (TPSA) is 56.2 Å². The summed E-state index contributed by atoms with van der Waals surface area (Å²) in [5.74, 6) is 0.453. The zero-order valence-electron chi connectivity index (χ0n) is 8.01. The monoisotopic (exact) mass is 349 g/mol. The molecule has 0 aliphatic rings. The molecule has 9 heteroatoms. The van der Waals surface area contributed by atoms with Crippen molar-refractivity contribution in [2.75, 3.05) is 11.9 Å². The number of aryl methyl sites for hydroxylation is 1. The van der Waals surface area contributed by atoms with E-state index in [2.05, 4.69) is 31.1 Å². The molecule has 0 atom stereocenters. The molecule has 0 aliphatic heterocycles. The number of alkyl halides is 3. The van der Waals surface area contributed by atoms with Crippen molar-refractivity contribution in [1.29, 1.82) is 0 Å². The molecule has 0 saturated heterocycles. The van der Waals surface area contributed by atoms with Gasteiger partial charge in [0, 0.05) is 7.05 Å². The van der Waals surface area contributed by atoms with E-state index in [-0.39, 0.29) is 6.61 Å². The van der Waals surface area contributed by atoms with E-state index >= 15 is 0 Å². The lowest BCUT2D eigenvalue weighted by molar-refractivity contribution is 0.163. The number of halogens is 4. The summed E-state index contributed by atoms with van der Waals surface area (Å²) in [4.78, 5) is 11.3. The quantitative estimate of drug-likeness (QED) is 0.833. The summed E-state index contributed by atoms with van der Waals surface area (Å²) < 4.78 is 5.14. The third-order valence-corrected chi connectivity index (χ3v) is 2.39. The van der Waals surface area contributed by atoms with Gasteiger partial charge in [-0.3, -0.25) is 10.00 Å². The molecule has 1 aromatic heterocycles. The normalized spacial score (nSPS) is 11.3. The average Bonchev–Trinajstić information content (AvgIpc) is 2.45. The van der Waals surface area contributed by atoms with E-state index in [1.165, 1.54) is 10.9 Å². The highest BCUT2D eigenvalue weighted by Gasteiger charge is 2.22. The molecular formula is C7H7BrCl3N3O2. The predicted octanol–water partition coefficient (Wildman–Crippen LogP) is 3.10. The summed E-state index contributed by atoms with van der Waals surface area (Å²) in [6.07, 6.45) is 0.806. The van der Waals surface area contributed by atoms with Crippen molar-refractivity contribution >= 4 is 62.6 Å². The van der Waals surface area contributed by atoms with Crippen molar-refractivity contribution in [3.05, 3.63) is 10.7 Å². The van der Waals surface area contributed by atoms with Crippen LogP contribution < -0.4 is 5.32 Å². The second kappa shape index (κ2) is 5.44. The van der Waals surface area contributed by atoms with Gasteiger partial charge in [-0.15, -0.1) is 0 Å². The van der Waals surface area contributed by atoms with E-state index in [9.17, 15) is 4.79 Å². The number of nitrogens with zero attached hydrogens (tertiary/aromatic N) is 2. The highest BCUT2D eigenvalue weighted by atomic mass is 79.9. The maximum atomic E-state index is 11.3. The Morgan fingerprint density at radius 3 is 2.75 bits per heavy atom. The van der Waals surface area contributed by atoms with Gasteiger partial charge >= 0.3 is 6.09 Å². The Labute approximate surface area is 115 Å². The van der Waals surface area contributed by atoms with Crippen molar-refractivity contribution in [3.8, 4) is 0 Å². The molecule has 1 aromatic rings. The van der Waals surface area contributed by atoms with Crippen LogP contribution in [0.2, 0.25) is 0 Å². The number of anilines is 1. The van der Waals surface area contributed by atoms with Gasteiger partial charge in [-0.1, -0.05) is 34.8 Å². The zero-order valence-corrected chi connectivity index (χ0v) is 11.9. The number of ether oxygens (including phenoxy) is 1. The lowest BCUT2D eigenvalue weighted by atomic mass is 10.6. The van der Waals surface area contributed by atoms with Gasteiger partial charge in [-0.05, 0) is 15.9 Å². The fraction of sp³-hybridized carbons (Fsp3) is 0.429. The minimum atomic E-state index is -1.62. The summed E-state index contributed by atoms with van der Waals surface area (Å²) in [5, 5.41) is 6.35. The smallest absolute Gasteiger partial charge is 0.412 e. The van der Waals surface area contributed by atoms with Crippen LogP contribution in [-0.4, -0.2) is 26.3 Å². The Bertz CT molecular complexity index is 371. The number of rotatable bonds is 2. The number of carbonyl (C=O) groups is 1. The van der Waals surface area contributed by atoms with Gasteiger partial charge in [0.1, 0.15) is 12.4 Å². The van der Waals surface area contributed by atoms with Crippen molar-refractivity contribution in [2.24, 2.45) is 7.05 Å². The second-order valence-electron chi connectivity index (χ2n) is 2.78. The number of hydrogen-bond acceptors (Lipinski definition) is 3. The Balaban J connectivity index is 2.53. The molecule has 1 heterocycles. The van der Waals surface area contributed by atoms with Crippen LogP contribution in [0.3, 0.4) is 0 Å². The summed E-state index contributed by atoms with van der Waals surface area (Å²) in [5.41, 5.74) is 0. The van der Waals surface area contributed by atoms with Gasteiger partial charge in [0.05, 0.1) is 10.7 Å². The number of carbonyl (C=O) groups excluding carboxylic acids is 1. The van der Waals surface area contributed by atoms with E-state index in [4.69, 9.17) is 34.8 Å². The first kappa shape index (κ1) is 13.9. The lowest BCUT2D eigenvalue weighted by Gasteiger charge is -2.12. The van der Waals surface area contributed by atoms with Crippen LogP contribution in [0.25, 0.3) is 0 Å². The maximum absolute atomic E-state index is 11.3. The molecule has 1 rings (SSSR count). The van der Waals surface area contributed by atoms with Crippen LogP contribution in [0.1, 0.15) is 0 Å². The highest BCUT2D eigenvalue weighted by molar-refractivity contribution is 9.10. The largest absolute Gasteiger partial charge is 0.445 e. The van der Waals surface area contributed by atoms with E-state index < -0.39 is 9.89 Å². The molecular weight excluding hydrogens is 344 g/mol. The Morgan fingerprint density at radius 2 is 2.31 bits per heavy atom. The van der Waals surface area contributed by atoms with Crippen molar-refractivity contribution < 1.29 is 9.53 Å². The molecule has 1 amide bonds. The third-order valence-electron chi connectivity index (χ3n) is 1.48. The number of aromatic nitrogens is 2. The van der Waals surface area contributed by atoms with Gasteiger partial charge in [-0.25, -0.2) is 4.79 Å². The molecule has 0 fully saturated rings. The van der Waals surface area contributed by atoms with E-state index in [1.54, 1.807) is 7.05 Å².